The zero-order chi connectivity index (χ0) is 26.7. The Morgan fingerprint density at radius 2 is 1.81 bits per heavy atom. The number of methoxy groups -OCH3 is 2. The van der Waals surface area contributed by atoms with Gasteiger partial charge in [0.25, 0.3) is 5.91 Å². The van der Waals surface area contributed by atoms with Gasteiger partial charge in [0.1, 0.15) is 17.1 Å². The molecule has 0 aliphatic carbocycles. The van der Waals surface area contributed by atoms with Crippen LogP contribution >= 0.6 is 0 Å². The van der Waals surface area contributed by atoms with Crippen molar-refractivity contribution in [2.45, 2.75) is 19.7 Å². The van der Waals surface area contributed by atoms with E-state index in [2.05, 4.69) is 15.3 Å². The van der Waals surface area contributed by atoms with Gasteiger partial charge in [0.05, 0.1) is 37.8 Å². The number of rotatable bonds is 6. The van der Waals surface area contributed by atoms with E-state index in [-0.39, 0.29) is 29.0 Å². The van der Waals surface area contributed by atoms with Crippen LogP contribution in [0.4, 0.5) is 24.5 Å². The van der Waals surface area contributed by atoms with Crippen LogP contribution in [-0.4, -0.2) is 30.2 Å². The second-order valence-electron chi connectivity index (χ2n) is 7.95. The number of anilines is 1. The Bertz CT molecular complexity index is 1530. The van der Waals surface area contributed by atoms with E-state index in [0.717, 1.165) is 12.1 Å². The van der Waals surface area contributed by atoms with Crippen LogP contribution in [0.3, 0.4) is 0 Å². The van der Waals surface area contributed by atoms with Crippen molar-refractivity contribution >= 4 is 28.3 Å². The van der Waals surface area contributed by atoms with E-state index >= 15 is 0 Å². The second-order valence-corrected chi connectivity index (χ2v) is 7.95. The third-order valence-electron chi connectivity index (χ3n) is 5.48. The molecule has 0 radical (unpaired) electrons. The van der Waals surface area contributed by atoms with Gasteiger partial charge in [-0.05, 0) is 31.2 Å². The fourth-order valence-corrected chi connectivity index (χ4v) is 3.61. The summed E-state index contributed by atoms with van der Waals surface area (Å²) in [6.07, 6.45) is -3.13. The molecule has 0 bridgehead atoms. The smallest absolute Gasteiger partial charge is 0.416 e. The number of amides is 1. The molecule has 2 N–H and O–H groups in total. The molecular formula is C26H22F3N3O5. The van der Waals surface area contributed by atoms with Gasteiger partial charge in [0.2, 0.25) is 5.55 Å². The molecule has 2 heterocycles. The quantitative estimate of drug-likeness (QED) is 0.370. The number of hydrogen-bond acceptors (Lipinski definition) is 7. The summed E-state index contributed by atoms with van der Waals surface area (Å²) in [4.78, 5) is 22.0. The van der Waals surface area contributed by atoms with E-state index in [1.807, 2.05) is 0 Å². The van der Waals surface area contributed by atoms with Gasteiger partial charge in [-0.25, -0.2) is 4.99 Å². The highest BCUT2D eigenvalue weighted by Crippen LogP contribution is 2.31. The summed E-state index contributed by atoms with van der Waals surface area (Å²) in [7, 11) is 2.94. The number of benzene rings is 2. The van der Waals surface area contributed by atoms with Crippen LogP contribution in [0.25, 0.3) is 11.0 Å². The molecule has 4 rings (SSSR count). The summed E-state index contributed by atoms with van der Waals surface area (Å²) < 4.78 is 56.0. The van der Waals surface area contributed by atoms with E-state index in [1.54, 1.807) is 25.1 Å². The normalized spacial score (nSPS) is 12.0. The van der Waals surface area contributed by atoms with Gasteiger partial charge < -0.3 is 24.3 Å². The van der Waals surface area contributed by atoms with Gasteiger partial charge in [0, 0.05) is 41.0 Å². The molecule has 2 aromatic carbocycles. The van der Waals surface area contributed by atoms with E-state index < -0.39 is 17.6 Å². The number of ether oxygens (including phenoxy) is 2. The van der Waals surface area contributed by atoms with Crippen molar-refractivity contribution in [3.05, 3.63) is 82.7 Å². The highest BCUT2D eigenvalue weighted by atomic mass is 19.4. The van der Waals surface area contributed by atoms with Gasteiger partial charge in [-0.1, -0.05) is 6.07 Å². The number of nitrogens with zero attached hydrogens (tertiary/aromatic N) is 2. The molecule has 0 saturated carbocycles. The number of carbonyl (C=O) groups excluding carboxylic acids is 1. The Hall–Kier alpha value is -4.38. The fourth-order valence-electron chi connectivity index (χ4n) is 3.61. The van der Waals surface area contributed by atoms with E-state index in [1.165, 1.54) is 38.6 Å². The number of aromatic nitrogens is 1. The van der Waals surface area contributed by atoms with Crippen LogP contribution < -0.4 is 20.3 Å². The Morgan fingerprint density at radius 1 is 1.11 bits per heavy atom. The summed E-state index contributed by atoms with van der Waals surface area (Å²) in [6, 6.07) is 10.5. The average Bonchev–Trinajstić information content (AvgIpc) is 2.88. The first kappa shape index (κ1) is 25.7. The van der Waals surface area contributed by atoms with Crippen molar-refractivity contribution < 1.29 is 37.0 Å². The third-order valence-corrected chi connectivity index (χ3v) is 5.48. The van der Waals surface area contributed by atoms with Crippen molar-refractivity contribution in [1.82, 2.24) is 4.98 Å². The molecule has 1 amide bonds. The van der Waals surface area contributed by atoms with Crippen molar-refractivity contribution in [2.24, 2.45) is 4.99 Å². The van der Waals surface area contributed by atoms with Gasteiger partial charge in [-0.3, -0.25) is 9.78 Å². The number of halogens is 3. The minimum Gasteiger partial charge on any atom is -0.497 e. The molecule has 0 atom stereocenters. The Kier molecular flexibility index (Phi) is 7.16. The summed E-state index contributed by atoms with van der Waals surface area (Å²) in [5.74, 6) is 0.112. The molecule has 0 spiro atoms. The molecular weight excluding hydrogens is 491 g/mol. The van der Waals surface area contributed by atoms with E-state index in [9.17, 15) is 23.1 Å². The van der Waals surface area contributed by atoms with Crippen LogP contribution in [0.15, 0.2) is 64.1 Å². The number of alkyl halides is 3. The lowest BCUT2D eigenvalue weighted by molar-refractivity contribution is -0.137. The maximum Gasteiger partial charge on any atom is 0.416 e. The van der Waals surface area contributed by atoms with Crippen LogP contribution in [0.5, 0.6) is 11.5 Å². The first-order valence-corrected chi connectivity index (χ1v) is 10.9. The third kappa shape index (κ3) is 5.56. The molecule has 8 nitrogen and oxygen atoms in total. The predicted octanol–water partition coefficient (Wildman–Crippen LogP) is 5.15. The van der Waals surface area contributed by atoms with Gasteiger partial charge in [0.15, 0.2) is 5.58 Å². The Labute approximate surface area is 209 Å². The predicted molar refractivity (Wildman–Crippen MR) is 129 cm³/mol. The first-order valence-electron chi connectivity index (χ1n) is 10.9. The van der Waals surface area contributed by atoms with Crippen LogP contribution in [0.2, 0.25) is 0 Å². The van der Waals surface area contributed by atoms with Crippen LogP contribution in [0, 0.1) is 6.92 Å². The average molecular weight is 513 g/mol. The van der Waals surface area contributed by atoms with Crippen molar-refractivity contribution in [2.75, 3.05) is 19.5 Å². The highest BCUT2D eigenvalue weighted by Gasteiger charge is 2.30. The fraction of sp³-hybridized carbons (Fsp3) is 0.192. The molecule has 2 aromatic heterocycles. The summed E-state index contributed by atoms with van der Waals surface area (Å²) in [5, 5.41) is 12.7. The molecule has 0 fully saturated rings. The van der Waals surface area contributed by atoms with Gasteiger partial charge in [-0.2, -0.15) is 13.2 Å². The van der Waals surface area contributed by atoms with Crippen LogP contribution in [-0.2, 0) is 12.8 Å². The number of nitrogens with one attached hydrogen (secondary N) is 1. The van der Waals surface area contributed by atoms with Crippen LogP contribution in [0.1, 0.15) is 27.2 Å². The topological polar surface area (TPSA) is 106 Å². The lowest BCUT2D eigenvalue weighted by Crippen LogP contribution is -2.22. The van der Waals surface area contributed by atoms with E-state index in [0.29, 0.717) is 33.8 Å². The number of fused-ring (bicyclic) bond motifs is 1. The second kappa shape index (κ2) is 10.3. The first-order chi connectivity index (χ1) is 17.6. The number of aliphatic hydroxyl groups is 1. The summed E-state index contributed by atoms with van der Waals surface area (Å²) in [6.45, 7) is 1.31. The summed E-state index contributed by atoms with van der Waals surface area (Å²) >= 11 is 0. The molecule has 0 unspecified atom stereocenters. The van der Waals surface area contributed by atoms with E-state index in [4.69, 9.17) is 13.9 Å². The van der Waals surface area contributed by atoms with Crippen molar-refractivity contribution in [3.63, 3.8) is 0 Å². The van der Waals surface area contributed by atoms with Gasteiger partial charge >= 0.3 is 6.18 Å². The largest absolute Gasteiger partial charge is 0.497 e. The summed E-state index contributed by atoms with van der Waals surface area (Å²) in [5.41, 5.74) is 0.309. The molecule has 11 heteroatoms. The standard InChI is InChI=1S/C26H22F3N3O5/c1-14-23-21(15(13-33)12-30-14)11-22(24(34)31-17-6-4-5-16(7-17)26(27,28)29)25(37-23)32-18-8-19(35-2)10-20(9-18)36-3/h4-12,33H,13H2,1-3H3,(H,31,34). The number of pyridine rings is 1. The molecule has 0 aliphatic rings. The minimum absolute atomic E-state index is 0.0674. The number of aryl methyl sites for hydroxylation is 1. The molecule has 0 aliphatic heterocycles. The Balaban J connectivity index is 1.91. The molecule has 4 aromatic rings. The van der Waals surface area contributed by atoms with Gasteiger partial charge in [-0.15, -0.1) is 0 Å². The maximum absolute atomic E-state index is 13.3. The zero-order valence-electron chi connectivity index (χ0n) is 20.0. The SMILES string of the molecule is COc1cc(N=c2oc3c(C)ncc(CO)c3cc2C(=O)Nc2cccc(C(F)(F)F)c2)cc(OC)c1. The lowest BCUT2D eigenvalue weighted by Gasteiger charge is -2.12. The maximum atomic E-state index is 13.3. The highest BCUT2D eigenvalue weighted by molar-refractivity contribution is 6.05. The Morgan fingerprint density at radius 3 is 2.43 bits per heavy atom. The molecule has 0 saturated heterocycles. The molecule has 192 valence electrons. The zero-order valence-corrected chi connectivity index (χ0v) is 20.0. The van der Waals surface area contributed by atoms with Crippen molar-refractivity contribution in [3.8, 4) is 11.5 Å². The monoisotopic (exact) mass is 513 g/mol. The number of aliphatic hydroxyl groups excluding tert-OH is 1. The number of carbonyl (C=O) groups is 1. The lowest BCUT2D eigenvalue weighted by atomic mass is 10.1. The number of hydrogen-bond donors (Lipinski definition) is 2. The molecule has 37 heavy (non-hydrogen) atoms. The minimum atomic E-state index is -4.58. The van der Waals surface area contributed by atoms with Crippen molar-refractivity contribution in [1.29, 1.82) is 0 Å².